The summed E-state index contributed by atoms with van der Waals surface area (Å²) in [6.45, 7) is 2.80. The Morgan fingerprint density at radius 1 is 1.20 bits per heavy atom. The number of carbonyl (C=O) groups excluding carboxylic acids is 1. The number of carbonyl (C=O) groups is 2. The summed E-state index contributed by atoms with van der Waals surface area (Å²) in [5, 5.41) is 12.2. The minimum atomic E-state index is -0.717. The van der Waals surface area contributed by atoms with Crippen LogP contribution in [0.3, 0.4) is 0 Å². The summed E-state index contributed by atoms with van der Waals surface area (Å²) in [6, 6.07) is 4.02. The second-order valence-corrected chi connectivity index (χ2v) is 7.20. The summed E-state index contributed by atoms with van der Waals surface area (Å²) < 4.78 is 5.90. The van der Waals surface area contributed by atoms with Crippen molar-refractivity contribution in [2.24, 2.45) is 5.92 Å². The molecule has 0 bridgehead atoms. The number of aliphatic carboxylic acids is 1. The molecule has 1 aromatic heterocycles. The number of piperidine rings is 1. The van der Waals surface area contributed by atoms with E-state index in [4.69, 9.17) is 9.52 Å². The number of likely N-dealkylation sites (tertiary alicyclic amines) is 1. The molecule has 1 aromatic rings. The molecule has 1 aliphatic carbocycles. The topological polar surface area (TPSA) is 82.8 Å². The molecule has 6 nitrogen and oxygen atoms in total. The van der Waals surface area contributed by atoms with Gasteiger partial charge in [-0.25, -0.2) is 4.79 Å². The van der Waals surface area contributed by atoms with Gasteiger partial charge >= 0.3 is 12.0 Å². The highest BCUT2D eigenvalue weighted by molar-refractivity contribution is 5.75. The molecule has 0 aromatic carbocycles. The number of hydrogen-bond acceptors (Lipinski definition) is 3. The number of aryl methyl sites for hydroxylation is 1. The van der Waals surface area contributed by atoms with Crippen molar-refractivity contribution in [2.75, 3.05) is 6.54 Å². The Labute approximate surface area is 148 Å². The Balaban J connectivity index is 1.60. The van der Waals surface area contributed by atoms with Crippen molar-refractivity contribution < 1.29 is 19.1 Å². The normalized spacial score (nSPS) is 27.1. The fraction of sp³-hybridized carbons (Fsp3) is 0.684. The van der Waals surface area contributed by atoms with E-state index in [2.05, 4.69) is 12.2 Å². The van der Waals surface area contributed by atoms with Gasteiger partial charge in [-0.3, -0.25) is 4.79 Å². The molecule has 0 spiro atoms. The van der Waals surface area contributed by atoms with Crippen LogP contribution in [0.4, 0.5) is 4.79 Å². The van der Waals surface area contributed by atoms with Gasteiger partial charge in [-0.2, -0.15) is 0 Å². The third-order valence-electron chi connectivity index (χ3n) is 5.53. The average molecular weight is 348 g/mol. The predicted molar refractivity (Wildman–Crippen MR) is 93.3 cm³/mol. The van der Waals surface area contributed by atoms with E-state index in [0.29, 0.717) is 12.8 Å². The van der Waals surface area contributed by atoms with Crippen LogP contribution in [0.15, 0.2) is 16.5 Å². The van der Waals surface area contributed by atoms with E-state index in [9.17, 15) is 9.59 Å². The largest absolute Gasteiger partial charge is 0.481 e. The molecule has 2 aliphatic rings. The highest BCUT2D eigenvalue weighted by atomic mass is 16.4. The Morgan fingerprint density at radius 3 is 2.60 bits per heavy atom. The molecular weight excluding hydrogens is 320 g/mol. The first-order chi connectivity index (χ1) is 12.1. The summed E-state index contributed by atoms with van der Waals surface area (Å²) in [6.07, 6.45) is 6.65. The standard InChI is InChI=1S/C19H28N2O4/c1-2-15-10-11-17(25-15)16-5-3-4-12-21(16)19(24)20-14-8-6-13(7-9-14)18(22)23/h10-11,13-14,16H,2-9,12H2,1H3,(H,20,24)(H,22,23). The molecule has 0 radical (unpaired) electrons. The van der Waals surface area contributed by atoms with Crippen LogP contribution in [0.25, 0.3) is 0 Å². The van der Waals surface area contributed by atoms with Crippen molar-refractivity contribution >= 4 is 12.0 Å². The lowest BCUT2D eigenvalue weighted by Crippen LogP contribution is -2.49. The molecule has 138 valence electrons. The van der Waals surface area contributed by atoms with Gasteiger partial charge in [0.05, 0.1) is 12.0 Å². The molecule has 2 amide bonds. The molecule has 25 heavy (non-hydrogen) atoms. The van der Waals surface area contributed by atoms with Gasteiger partial charge in [0.2, 0.25) is 0 Å². The number of nitrogens with one attached hydrogen (secondary N) is 1. The van der Waals surface area contributed by atoms with Crippen LogP contribution < -0.4 is 5.32 Å². The lowest BCUT2D eigenvalue weighted by molar-refractivity contribution is -0.142. The van der Waals surface area contributed by atoms with E-state index in [0.717, 1.165) is 56.6 Å². The van der Waals surface area contributed by atoms with E-state index in [1.165, 1.54) is 0 Å². The molecule has 6 heteroatoms. The smallest absolute Gasteiger partial charge is 0.318 e. The predicted octanol–water partition coefficient (Wildman–Crippen LogP) is 3.72. The lowest BCUT2D eigenvalue weighted by Gasteiger charge is -2.36. The van der Waals surface area contributed by atoms with E-state index in [1.807, 2.05) is 17.0 Å². The van der Waals surface area contributed by atoms with Crippen molar-refractivity contribution in [1.29, 1.82) is 0 Å². The monoisotopic (exact) mass is 348 g/mol. The first-order valence-corrected chi connectivity index (χ1v) is 9.47. The number of amides is 2. The Kier molecular flexibility index (Phi) is 5.66. The van der Waals surface area contributed by atoms with Gasteiger partial charge in [0.1, 0.15) is 11.5 Å². The van der Waals surface area contributed by atoms with Crippen LogP contribution in [0.2, 0.25) is 0 Å². The van der Waals surface area contributed by atoms with Crippen LogP contribution in [-0.2, 0) is 11.2 Å². The minimum absolute atomic E-state index is 0.00408. The molecule has 2 fully saturated rings. The number of carboxylic acid groups (broad SMARTS) is 1. The van der Waals surface area contributed by atoms with Gasteiger partial charge in [-0.05, 0) is 57.1 Å². The summed E-state index contributed by atoms with van der Waals surface area (Å²) >= 11 is 0. The second-order valence-electron chi connectivity index (χ2n) is 7.20. The number of nitrogens with zero attached hydrogens (tertiary/aromatic N) is 1. The molecular formula is C19H28N2O4. The van der Waals surface area contributed by atoms with Crippen LogP contribution in [-0.4, -0.2) is 34.6 Å². The van der Waals surface area contributed by atoms with Crippen molar-refractivity contribution in [3.63, 3.8) is 0 Å². The molecule has 1 saturated carbocycles. The second kappa shape index (κ2) is 7.93. The average Bonchev–Trinajstić information content (AvgIpc) is 3.11. The van der Waals surface area contributed by atoms with Gasteiger partial charge in [0.15, 0.2) is 0 Å². The highest BCUT2D eigenvalue weighted by Crippen LogP contribution is 2.32. The van der Waals surface area contributed by atoms with Crippen molar-refractivity contribution in [1.82, 2.24) is 10.2 Å². The Bertz CT molecular complexity index is 604. The lowest BCUT2D eigenvalue weighted by atomic mass is 9.86. The van der Waals surface area contributed by atoms with Crippen LogP contribution in [0.5, 0.6) is 0 Å². The first-order valence-electron chi connectivity index (χ1n) is 9.47. The molecule has 2 heterocycles. The molecule has 1 unspecified atom stereocenters. The van der Waals surface area contributed by atoms with Crippen molar-refractivity contribution in [2.45, 2.75) is 70.4 Å². The van der Waals surface area contributed by atoms with Crippen LogP contribution in [0, 0.1) is 5.92 Å². The van der Waals surface area contributed by atoms with E-state index in [-0.39, 0.29) is 24.0 Å². The highest BCUT2D eigenvalue weighted by Gasteiger charge is 2.32. The molecule has 1 aliphatic heterocycles. The molecule has 1 saturated heterocycles. The third-order valence-corrected chi connectivity index (χ3v) is 5.53. The van der Waals surface area contributed by atoms with Gasteiger partial charge < -0.3 is 19.7 Å². The molecule has 1 atom stereocenters. The fourth-order valence-corrected chi connectivity index (χ4v) is 3.98. The molecule has 2 N–H and O–H groups in total. The number of rotatable bonds is 4. The molecule has 3 rings (SSSR count). The van der Waals surface area contributed by atoms with Gasteiger partial charge in [-0.1, -0.05) is 6.92 Å². The number of furan rings is 1. The summed E-state index contributed by atoms with van der Waals surface area (Å²) in [5.41, 5.74) is 0. The zero-order chi connectivity index (χ0) is 17.8. The van der Waals surface area contributed by atoms with Crippen LogP contribution >= 0.6 is 0 Å². The van der Waals surface area contributed by atoms with Gasteiger partial charge in [0, 0.05) is 19.0 Å². The van der Waals surface area contributed by atoms with Gasteiger partial charge in [-0.15, -0.1) is 0 Å². The fourth-order valence-electron chi connectivity index (χ4n) is 3.98. The third kappa shape index (κ3) is 4.17. The van der Waals surface area contributed by atoms with E-state index in [1.54, 1.807) is 0 Å². The zero-order valence-corrected chi connectivity index (χ0v) is 14.9. The number of urea groups is 1. The van der Waals surface area contributed by atoms with E-state index >= 15 is 0 Å². The Hall–Kier alpha value is -1.98. The zero-order valence-electron chi connectivity index (χ0n) is 14.9. The quantitative estimate of drug-likeness (QED) is 0.869. The summed E-state index contributed by atoms with van der Waals surface area (Å²) in [5.74, 6) is 0.853. The number of carboxylic acids is 1. The SMILES string of the molecule is CCc1ccc(C2CCCCN2C(=O)NC2CCC(C(=O)O)CC2)o1. The van der Waals surface area contributed by atoms with Gasteiger partial charge in [0.25, 0.3) is 0 Å². The summed E-state index contributed by atoms with van der Waals surface area (Å²) in [4.78, 5) is 25.7. The van der Waals surface area contributed by atoms with E-state index < -0.39 is 5.97 Å². The summed E-state index contributed by atoms with van der Waals surface area (Å²) in [7, 11) is 0. The maximum atomic E-state index is 12.8. The maximum absolute atomic E-state index is 12.8. The Morgan fingerprint density at radius 2 is 1.96 bits per heavy atom. The van der Waals surface area contributed by atoms with Crippen molar-refractivity contribution in [3.8, 4) is 0 Å². The maximum Gasteiger partial charge on any atom is 0.318 e. The first kappa shape index (κ1) is 17.8. The van der Waals surface area contributed by atoms with Crippen molar-refractivity contribution in [3.05, 3.63) is 23.7 Å². The number of hydrogen-bond donors (Lipinski definition) is 2. The van der Waals surface area contributed by atoms with Crippen LogP contribution in [0.1, 0.15) is 69.4 Å². The minimum Gasteiger partial charge on any atom is -0.481 e.